The summed E-state index contributed by atoms with van der Waals surface area (Å²) < 4.78 is 44.5. The van der Waals surface area contributed by atoms with Gasteiger partial charge in [-0.2, -0.15) is 13.2 Å². The van der Waals surface area contributed by atoms with E-state index in [1.165, 1.54) is 11.3 Å². The SMILES string of the molecule is CCOC(=O)C1(C)[C@H](C)CC(O)(c2ncc(-c3cc(C)cc(Nc4nccc(C(F)(F)F)n4)c3)s2)C[C@@H]1C. The van der Waals surface area contributed by atoms with Gasteiger partial charge in [0.1, 0.15) is 16.3 Å². The van der Waals surface area contributed by atoms with Gasteiger partial charge in [0, 0.05) is 18.1 Å². The molecule has 0 saturated heterocycles. The molecule has 204 valence electrons. The lowest BCUT2D eigenvalue weighted by atomic mass is 9.58. The lowest BCUT2D eigenvalue weighted by molar-refractivity contribution is -0.173. The summed E-state index contributed by atoms with van der Waals surface area (Å²) in [6.45, 7) is 9.79. The zero-order valence-corrected chi connectivity index (χ0v) is 22.7. The summed E-state index contributed by atoms with van der Waals surface area (Å²) in [5.74, 6) is -0.674. The third kappa shape index (κ3) is 5.40. The van der Waals surface area contributed by atoms with E-state index in [9.17, 15) is 23.1 Å². The van der Waals surface area contributed by atoms with Crippen molar-refractivity contribution in [1.82, 2.24) is 15.0 Å². The number of ether oxygens (including phenoxy) is 1. The zero-order valence-electron chi connectivity index (χ0n) is 21.9. The summed E-state index contributed by atoms with van der Waals surface area (Å²) in [6.07, 6.45) is -1.09. The number of thiazole rings is 1. The number of carbonyl (C=O) groups excluding carboxylic acids is 1. The molecule has 0 bridgehead atoms. The lowest BCUT2D eigenvalue weighted by Gasteiger charge is -2.48. The predicted molar refractivity (Wildman–Crippen MR) is 139 cm³/mol. The minimum Gasteiger partial charge on any atom is -0.466 e. The van der Waals surface area contributed by atoms with Gasteiger partial charge in [0.2, 0.25) is 5.95 Å². The standard InChI is InChI=1S/C27H31F3N4O3S/c1-6-37-23(35)25(5)16(3)12-26(36,13-17(25)4)22-32-14-20(38-22)18-9-15(2)10-19(11-18)33-24-31-8-7-21(34-24)27(28,29)30/h7-11,14,16-17,36H,6,12-13H2,1-5H3,(H,31,33,34)/t16-,17+,25?,26?. The first-order valence-corrected chi connectivity index (χ1v) is 13.2. The molecule has 1 fully saturated rings. The topological polar surface area (TPSA) is 97.2 Å². The number of carbonyl (C=O) groups is 1. The molecule has 1 saturated carbocycles. The molecule has 1 aromatic carbocycles. The number of nitrogens with zero attached hydrogens (tertiary/aromatic N) is 3. The zero-order chi connectivity index (χ0) is 27.9. The highest BCUT2D eigenvalue weighted by Gasteiger charge is 2.54. The predicted octanol–water partition coefficient (Wildman–Crippen LogP) is 6.49. The van der Waals surface area contributed by atoms with Gasteiger partial charge in [-0.1, -0.05) is 19.9 Å². The van der Waals surface area contributed by atoms with E-state index in [0.717, 1.165) is 28.3 Å². The van der Waals surface area contributed by atoms with Gasteiger partial charge in [-0.25, -0.2) is 15.0 Å². The summed E-state index contributed by atoms with van der Waals surface area (Å²) >= 11 is 1.36. The Morgan fingerprint density at radius 3 is 2.53 bits per heavy atom. The fourth-order valence-electron chi connectivity index (χ4n) is 5.20. The van der Waals surface area contributed by atoms with Crippen LogP contribution in [0.3, 0.4) is 0 Å². The minimum absolute atomic E-state index is 0.134. The molecule has 11 heteroatoms. The molecule has 38 heavy (non-hydrogen) atoms. The Bertz CT molecular complexity index is 1310. The van der Waals surface area contributed by atoms with E-state index in [1.54, 1.807) is 25.3 Å². The first kappa shape index (κ1) is 28.0. The van der Waals surface area contributed by atoms with E-state index in [2.05, 4.69) is 20.3 Å². The molecule has 2 N–H and O–H groups in total. The van der Waals surface area contributed by atoms with Crippen LogP contribution in [0.15, 0.2) is 36.7 Å². The number of rotatable bonds is 6. The Morgan fingerprint density at radius 2 is 1.89 bits per heavy atom. The highest BCUT2D eigenvalue weighted by Crippen LogP contribution is 2.53. The molecule has 0 radical (unpaired) electrons. The van der Waals surface area contributed by atoms with Crippen molar-refractivity contribution in [3.63, 3.8) is 0 Å². The van der Waals surface area contributed by atoms with Gasteiger partial charge in [0.05, 0.1) is 16.9 Å². The molecule has 1 aliphatic carbocycles. The van der Waals surface area contributed by atoms with Crippen LogP contribution in [0, 0.1) is 24.2 Å². The van der Waals surface area contributed by atoms with Crippen LogP contribution in [0.25, 0.3) is 10.4 Å². The number of hydrogen-bond acceptors (Lipinski definition) is 8. The van der Waals surface area contributed by atoms with Crippen LogP contribution in [0.5, 0.6) is 0 Å². The average molecular weight is 549 g/mol. The third-order valence-electron chi connectivity index (χ3n) is 7.52. The van der Waals surface area contributed by atoms with Gasteiger partial charge in [-0.05, 0) is 74.8 Å². The molecule has 2 heterocycles. The molecule has 2 aromatic heterocycles. The number of aromatic nitrogens is 3. The van der Waals surface area contributed by atoms with Crippen molar-refractivity contribution < 1.29 is 27.8 Å². The molecular weight excluding hydrogens is 517 g/mol. The summed E-state index contributed by atoms with van der Waals surface area (Å²) in [5.41, 5.74) is -0.734. The smallest absolute Gasteiger partial charge is 0.433 e. The molecule has 0 aliphatic heterocycles. The maximum atomic E-state index is 13.0. The third-order valence-corrected chi connectivity index (χ3v) is 8.76. The van der Waals surface area contributed by atoms with E-state index in [4.69, 9.17) is 4.74 Å². The summed E-state index contributed by atoms with van der Waals surface area (Å²) in [6, 6.07) is 6.31. The van der Waals surface area contributed by atoms with Crippen LogP contribution < -0.4 is 5.32 Å². The second-order valence-electron chi connectivity index (χ2n) is 10.3. The maximum absolute atomic E-state index is 13.0. The number of benzene rings is 1. The highest BCUT2D eigenvalue weighted by molar-refractivity contribution is 7.15. The number of esters is 1. The van der Waals surface area contributed by atoms with Crippen molar-refractivity contribution in [2.45, 2.75) is 59.2 Å². The number of nitrogens with one attached hydrogen (secondary N) is 1. The van der Waals surface area contributed by atoms with E-state index in [1.807, 2.05) is 33.8 Å². The van der Waals surface area contributed by atoms with Crippen molar-refractivity contribution >= 4 is 28.9 Å². The largest absolute Gasteiger partial charge is 0.466 e. The number of hydrogen-bond donors (Lipinski definition) is 2. The van der Waals surface area contributed by atoms with Gasteiger partial charge in [-0.15, -0.1) is 11.3 Å². The monoisotopic (exact) mass is 548 g/mol. The van der Waals surface area contributed by atoms with E-state index < -0.39 is 22.9 Å². The first-order valence-electron chi connectivity index (χ1n) is 12.4. The summed E-state index contributed by atoms with van der Waals surface area (Å²) in [5, 5.41) is 15.1. The summed E-state index contributed by atoms with van der Waals surface area (Å²) in [4.78, 5) is 25.6. The van der Waals surface area contributed by atoms with Crippen molar-refractivity contribution in [3.05, 3.63) is 52.9 Å². The number of aryl methyl sites for hydroxylation is 1. The van der Waals surface area contributed by atoms with E-state index >= 15 is 0 Å². The Kier molecular flexibility index (Phi) is 7.55. The maximum Gasteiger partial charge on any atom is 0.433 e. The molecule has 3 aromatic rings. The molecule has 4 rings (SSSR count). The van der Waals surface area contributed by atoms with Gasteiger partial charge in [0.15, 0.2) is 0 Å². The molecular formula is C27H31F3N4O3S. The molecule has 0 spiro atoms. The van der Waals surface area contributed by atoms with Gasteiger partial charge in [-0.3, -0.25) is 4.79 Å². The van der Waals surface area contributed by atoms with Crippen LogP contribution in [0.2, 0.25) is 0 Å². The second kappa shape index (κ2) is 10.3. The number of halogens is 3. The minimum atomic E-state index is -4.57. The van der Waals surface area contributed by atoms with Crippen LogP contribution in [-0.4, -0.2) is 32.6 Å². The Morgan fingerprint density at radius 1 is 1.21 bits per heavy atom. The van der Waals surface area contributed by atoms with Crippen molar-refractivity contribution in [2.24, 2.45) is 17.3 Å². The molecule has 7 nitrogen and oxygen atoms in total. The Hall–Kier alpha value is -3.05. The normalized spacial score (nSPS) is 25.7. The van der Waals surface area contributed by atoms with E-state index in [0.29, 0.717) is 30.1 Å². The van der Waals surface area contributed by atoms with Gasteiger partial charge < -0.3 is 15.2 Å². The second-order valence-corrected chi connectivity index (χ2v) is 11.3. The van der Waals surface area contributed by atoms with Gasteiger partial charge in [0.25, 0.3) is 0 Å². The molecule has 0 amide bonds. The average Bonchev–Trinajstić information content (AvgIpc) is 3.33. The van der Waals surface area contributed by atoms with Crippen molar-refractivity contribution in [2.75, 3.05) is 11.9 Å². The van der Waals surface area contributed by atoms with Crippen LogP contribution >= 0.6 is 11.3 Å². The molecule has 4 atom stereocenters. The number of aliphatic hydroxyl groups is 1. The fraction of sp³-hybridized carbons (Fsp3) is 0.481. The van der Waals surface area contributed by atoms with Gasteiger partial charge >= 0.3 is 12.1 Å². The highest BCUT2D eigenvalue weighted by atomic mass is 32.1. The first-order chi connectivity index (χ1) is 17.8. The molecule has 1 aliphatic rings. The van der Waals surface area contributed by atoms with Crippen LogP contribution in [0.1, 0.15) is 56.8 Å². The number of alkyl halides is 3. The quantitative estimate of drug-likeness (QED) is 0.340. The number of anilines is 2. The Balaban J connectivity index is 1.58. The van der Waals surface area contributed by atoms with Crippen LogP contribution in [0.4, 0.5) is 24.8 Å². The molecule has 2 unspecified atom stereocenters. The van der Waals surface area contributed by atoms with Crippen LogP contribution in [-0.2, 0) is 21.3 Å². The van der Waals surface area contributed by atoms with Crippen molar-refractivity contribution in [1.29, 1.82) is 0 Å². The van der Waals surface area contributed by atoms with Crippen molar-refractivity contribution in [3.8, 4) is 10.4 Å². The Labute approximate surface area is 223 Å². The summed E-state index contributed by atoms with van der Waals surface area (Å²) in [7, 11) is 0. The lowest BCUT2D eigenvalue weighted by Crippen LogP contribution is -2.51. The van der Waals surface area contributed by atoms with E-state index in [-0.39, 0.29) is 23.8 Å². The fourth-order valence-corrected chi connectivity index (χ4v) is 6.21.